The summed E-state index contributed by atoms with van der Waals surface area (Å²) in [5.74, 6) is 0.0587. The number of imidazole rings is 1. The van der Waals surface area contributed by atoms with E-state index in [0.29, 0.717) is 29.3 Å². The molecule has 0 spiro atoms. The number of aromatic nitrogens is 5. The van der Waals surface area contributed by atoms with Crippen LogP contribution in [0.15, 0.2) is 55.0 Å². The van der Waals surface area contributed by atoms with E-state index in [9.17, 15) is 14.4 Å². The van der Waals surface area contributed by atoms with Crippen molar-refractivity contribution < 1.29 is 13.9 Å². The molecule has 0 saturated carbocycles. The topological polar surface area (TPSA) is 113 Å². The van der Waals surface area contributed by atoms with Crippen LogP contribution in [0.25, 0.3) is 39.1 Å². The quantitative estimate of drug-likeness (QED) is 0.308. The van der Waals surface area contributed by atoms with E-state index < -0.39 is 17.5 Å². The van der Waals surface area contributed by atoms with Crippen molar-refractivity contribution in [3.8, 4) is 28.6 Å². The van der Waals surface area contributed by atoms with Crippen molar-refractivity contribution in [3.05, 3.63) is 66.4 Å². The standard InChI is InChI=1S/C31H31FN8O2/c1-31(2,3)42-30(41)35-23-6-5-12-39(18-23)28-29-36-26(19-7-8-21(16-33)24(32)15-19)27(40(29)13-11-34-28)20-9-10-25-22(14-20)17-38(4)37-25/h7-11,13-15,17,23H,5-6,12,18H2,1-4H3,(H,35,41)/t23-/m1/s1. The van der Waals surface area contributed by atoms with Gasteiger partial charge in [0.05, 0.1) is 22.5 Å². The van der Waals surface area contributed by atoms with Crippen molar-refractivity contribution in [1.29, 1.82) is 5.26 Å². The molecule has 6 rings (SSSR count). The summed E-state index contributed by atoms with van der Waals surface area (Å²) < 4.78 is 24.0. The van der Waals surface area contributed by atoms with Crippen LogP contribution in [0.4, 0.5) is 15.0 Å². The molecule has 1 aliphatic heterocycles. The minimum Gasteiger partial charge on any atom is -0.444 e. The van der Waals surface area contributed by atoms with E-state index in [4.69, 9.17) is 14.7 Å². The summed E-state index contributed by atoms with van der Waals surface area (Å²) >= 11 is 0. The Bertz CT molecular complexity index is 1860. The van der Waals surface area contributed by atoms with E-state index in [-0.39, 0.29) is 11.6 Å². The number of rotatable bonds is 4. The van der Waals surface area contributed by atoms with Crippen LogP contribution in [0.3, 0.4) is 0 Å². The van der Waals surface area contributed by atoms with Gasteiger partial charge in [-0.1, -0.05) is 12.1 Å². The molecule has 0 radical (unpaired) electrons. The third-order valence-corrected chi connectivity index (χ3v) is 7.22. The molecule has 1 amide bonds. The van der Waals surface area contributed by atoms with Crippen LogP contribution in [0.2, 0.25) is 0 Å². The highest BCUT2D eigenvalue weighted by molar-refractivity contribution is 5.90. The fraction of sp³-hybridized carbons (Fsp3) is 0.323. The number of nitrogens with zero attached hydrogens (tertiary/aromatic N) is 7. The predicted octanol–water partition coefficient (Wildman–Crippen LogP) is 5.45. The summed E-state index contributed by atoms with van der Waals surface area (Å²) in [5.41, 5.74) is 3.61. The number of fused-ring (bicyclic) bond motifs is 2. The summed E-state index contributed by atoms with van der Waals surface area (Å²) in [7, 11) is 1.88. The fourth-order valence-electron chi connectivity index (χ4n) is 5.48. The second kappa shape index (κ2) is 10.4. The lowest BCUT2D eigenvalue weighted by Crippen LogP contribution is -2.49. The van der Waals surface area contributed by atoms with Gasteiger partial charge in [0.2, 0.25) is 0 Å². The van der Waals surface area contributed by atoms with Crippen LogP contribution in [-0.4, -0.2) is 55.0 Å². The molecule has 10 nitrogen and oxygen atoms in total. The minimum atomic E-state index is -0.605. The van der Waals surface area contributed by atoms with E-state index in [1.54, 1.807) is 16.9 Å². The van der Waals surface area contributed by atoms with Gasteiger partial charge in [-0.3, -0.25) is 9.08 Å². The van der Waals surface area contributed by atoms with Crippen molar-refractivity contribution in [2.45, 2.75) is 45.3 Å². The number of carbonyl (C=O) groups is 1. The van der Waals surface area contributed by atoms with Gasteiger partial charge in [0.15, 0.2) is 11.5 Å². The zero-order chi connectivity index (χ0) is 29.6. The maximum Gasteiger partial charge on any atom is 0.407 e. The molecule has 0 bridgehead atoms. The van der Waals surface area contributed by atoms with E-state index >= 15 is 0 Å². The Morgan fingerprint density at radius 3 is 2.76 bits per heavy atom. The smallest absolute Gasteiger partial charge is 0.407 e. The first-order chi connectivity index (χ1) is 20.1. The van der Waals surface area contributed by atoms with Crippen molar-refractivity contribution in [2.24, 2.45) is 7.05 Å². The maximum atomic E-state index is 14.8. The average molecular weight is 567 g/mol. The van der Waals surface area contributed by atoms with Crippen LogP contribution in [0, 0.1) is 17.1 Å². The van der Waals surface area contributed by atoms with Crippen LogP contribution >= 0.6 is 0 Å². The van der Waals surface area contributed by atoms with Gasteiger partial charge in [-0.15, -0.1) is 0 Å². The first kappa shape index (κ1) is 27.2. The lowest BCUT2D eigenvalue weighted by atomic mass is 10.0. The van der Waals surface area contributed by atoms with E-state index in [0.717, 1.165) is 41.5 Å². The largest absolute Gasteiger partial charge is 0.444 e. The third kappa shape index (κ3) is 5.23. The number of ether oxygens (including phenoxy) is 1. The van der Waals surface area contributed by atoms with Crippen molar-refractivity contribution >= 4 is 28.5 Å². The Kier molecular flexibility index (Phi) is 6.77. The number of alkyl carbamates (subject to hydrolysis) is 1. The molecule has 5 aromatic rings. The molecular weight excluding hydrogens is 535 g/mol. The zero-order valence-electron chi connectivity index (χ0n) is 23.9. The summed E-state index contributed by atoms with van der Waals surface area (Å²) in [6.07, 6.45) is 6.74. The highest BCUT2D eigenvalue weighted by atomic mass is 19.1. The molecular formula is C31H31FN8O2. The van der Waals surface area contributed by atoms with Gasteiger partial charge in [-0.05, 0) is 57.9 Å². The summed E-state index contributed by atoms with van der Waals surface area (Å²) in [6, 6.07) is 12.3. The molecule has 1 fully saturated rings. The predicted molar refractivity (Wildman–Crippen MR) is 157 cm³/mol. The van der Waals surface area contributed by atoms with Gasteiger partial charge < -0.3 is 15.0 Å². The molecule has 1 atom stereocenters. The molecule has 4 heterocycles. The molecule has 11 heteroatoms. The number of amides is 1. The second-order valence-electron chi connectivity index (χ2n) is 11.6. The molecule has 42 heavy (non-hydrogen) atoms. The molecule has 214 valence electrons. The number of nitrogens with one attached hydrogen (secondary N) is 1. The second-order valence-corrected chi connectivity index (χ2v) is 11.6. The number of piperidine rings is 1. The molecule has 1 saturated heterocycles. The van der Waals surface area contributed by atoms with Crippen LogP contribution < -0.4 is 10.2 Å². The highest BCUT2D eigenvalue weighted by Gasteiger charge is 2.28. The molecule has 2 aromatic carbocycles. The monoisotopic (exact) mass is 566 g/mol. The van der Waals surface area contributed by atoms with Gasteiger partial charge in [0, 0.05) is 61.3 Å². The average Bonchev–Trinajstić information content (AvgIpc) is 3.51. The number of benzene rings is 2. The number of hydrogen-bond donors (Lipinski definition) is 1. The number of anilines is 1. The third-order valence-electron chi connectivity index (χ3n) is 7.22. The number of hydrogen-bond acceptors (Lipinski definition) is 7. The van der Waals surface area contributed by atoms with Crippen molar-refractivity contribution in [3.63, 3.8) is 0 Å². The Labute approximate surface area is 242 Å². The van der Waals surface area contributed by atoms with E-state index in [2.05, 4.69) is 15.3 Å². The first-order valence-electron chi connectivity index (χ1n) is 13.8. The number of halogens is 1. The Hall–Kier alpha value is -4.98. The van der Waals surface area contributed by atoms with Gasteiger partial charge in [-0.2, -0.15) is 10.4 Å². The maximum absolute atomic E-state index is 14.8. The Morgan fingerprint density at radius 1 is 1.19 bits per heavy atom. The normalized spacial score (nSPS) is 15.6. The Balaban J connectivity index is 1.45. The van der Waals surface area contributed by atoms with Crippen LogP contribution in [0.1, 0.15) is 39.2 Å². The zero-order valence-corrected chi connectivity index (χ0v) is 23.9. The van der Waals surface area contributed by atoms with Crippen LogP contribution in [-0.2, 0) is 11.8 Å². The van der Waals surface area contributed by atoms with Crippen molar-refractivity contribution in [1.82, 2.24) is 29.5 Å². The Morgan fingerprint density at radius 2 is 2.00 bits per heavy atom. The first-order valence-corrected chi connectivity index (χ1v) is 13.8. The van der Waals surface area contributed by atoms with Gasteiger partial charge in [0.25, 0.3) is 0 Å². The molecule has 1 N–H and O–H groups in total. The minimum absolute atomic E-state index is 0.0277. The molecule has 3 aromatic heterocycles. The lowest BCUT2D eigenvalue weighted by Gasteiger charge is -2.34. The van der Waals surface area contributed by atoms with E-state index in [1.165, 1.54) is 12.1 Å². The summed E-state index contributed by atoms with van der Waals surface area (Å²) in [6.45, 7) is 6.79. The number of nitriles is 1. The molecule has 1 aliphatic rings. The highest BCUT2D eigenvalue weighted by Crippen LogP contribution is 2.37. The fourth-order valence-corrected chi connectivity index (χ4v) is 5.48. The van der Waals surface area contributed by atoms with Gasteiger partial charge in [0.1, 0.15) is 17.5 Å². The van der Waals surface area contributed by atoms with Gasteiger partial charge >= 0.3 is 6.09 Å². The van der Waals surface area contributed by atoms with Crippen molar-refractivity contribution in [2.75, 3.05) is 18.0 Å². The summed E-state index contributed by atoms with van der Waals surface area (Å²) in [5, 5.41) is 17.7. The molecule has 0 aliphatic carbocycles. The number of carbonyl (C=O) groups excluding carboxylic acids is 1. The van der Waals surface area contributed by atoms with Crippen LogP contribution in [0.5, 0.6) is 0 Å². The SMILES string of the molecule is Cn1cc2cc(-c3c(-c4ccc(C#N)c(F)c4)nc4c(N5CCC[C@@H](NC(=O)OC(C)(C)C)C5)nccn34)ccc2n1. The van der Waals surface area contributed by atoms with Gasteiger partial charge in [-0.25, -0.2) is 19.2 Å². The number of aryl methyl sites for hydroxylation is 1. The van der Waals surface area contributed by atoms with E-state index in [1.807, 2.05) is 68.9 Å². The lowest BCUT2D eigenvalue weighted by molar-refractivity contribution is 0.0500. The molecule has 0 unspecified atom stereocenters. The summed E-state index contributed by atoms with van der Waals surface area (Å²) in [4.78, 5) is 24.3.